The maximum atomic E-state index is 5.96. The van der Waals surface area contributed by atoms with E-state index < -0.39 is 0 Å². The van der Waals surface area contributed by atoms with Crippen LogP contribution in [0, 0.1) is 5.92 Å². The number of aromatic nitrogens is 3. The third-order valence-electron chi connectivity index (χ3n) is 4.51. The summed E-state index contributed by atoms with van der Waals surface area (Å²) in [7, 11) is 1.74. The molecule has 28 heavy (non-hydrogen) atoms. The van der Waals surface area contributed by atoms with Crippen molar-refractivity contribution < 1.29 is 9.15 Å². The Bertz CT molecular complexity index is 914. The summed E-state index contributed by atoms with van der Waals surface area (Å²) in [5.74, 6) is 4.19. The molecule has 0 atom stereocenters. The minimum Gasteiger partial charge on any atom is -0.493 e. The SMILES string of the molecule is CN=C(NCc1nc(-c2ccco2)n[nH]1)NCc1ccccc1OCC1CC1. The van der Waals surface area contributed by atoms with E-state index in [2.05, 4.69) is 36.9 Å². The van der Waals surface area contributed by atoms with Gasteiger partial charge < -0.3 is 19.8 Å². The van der Waals surface area contributed by atoms with E-state index in [0.29, 0.717) is 36.5 Å². The number of H-pyrrole nitrogens is 1. The van der Waals surface area contributed by atoms with E-state index in [-0.39, 0.29) is 0 Å². The van der Waals surface area contributed by atoms with Crippen LogP contribution in [0.4, 0.5) is 0 Å². The van der Waals surface area contributed by atoms with Crippen molar-refractivity contribution in [3.05, 3.63) is 54.0 Å². The predicted molar refractivity (Wildman–Crippen MR) is 106 cm³/mol. The first-order valence-corrected chi connectivity index (χ1v) is 9.42. The quantitative estimate of drug-likeness (QED) is 0.410. The van der Waals surface area contributed by atoms with Gasteiger partial charge >= 0.3 is 0 Å². The first kappa shape index (κ1) is 18.1. The normalized spacial score (nSPS) is 14.1. The van der Waals surface area contributed by atoms with E-state index in [1.165, 1.54) is 12.8 Å². The van der Waals surface area contributed by atoms with E-state index in [1.54, 1.807) is 13.3 Å². The summed E-state index contributed by atoms with van der Waals surface area (Å²) in [6, 6.07) is 11.7. The number of para-hydroxylation sites is 1. The number of rotatable bonds is 8. The van der Waals surface area contributed by atoms with Crippen molar-refractivity contribution in [1.29, 1.82) is 0 Å². The van der Waals surface area contributed by atoms with Gasteiger partial charge in [-0.05, 0) is 37.0 Å². The van der Waals surface area contributed by atoms with Crippen molar-refractivity contribution in [2.24, 2.45) is 10.9 Å². The number of nitrogens with zero attached hydrogens (tertiary/aromatic N) is 3. The Morgan fingerprint density at radius 3 is 2.86 bits per heavy atom. The number of furan rings is 1. The van der Waals surface area contributed by atoms with Crippen LogP contribution in [0.2, 0.25) is 0 Å². The number of benzene rings is 1. The highest BCUT2D eigenvalue weighted by Crippen LogP contribution is 2.30. The smallest absolute Gasteiger partial charge is 0.216 e. The Morgan fingerprint density at radius 1 is 1.21 bits per heavy atom. The number of hydrogen-bond donors (Lipinski definition) is 3. The van der Waals surface area contributed by atoms with E-state index in [9.17, 15) is 0 Å². The molecule has 146 valence electrons. The van der Waals surface area contributed by atoms with Gasteiger partial charge in [0.2, 0.25) is 5.82 Å². The average molecular weight is 380 g/mol. The molecule has 1 aliphatic carbocycles. The maximum Gasteiger partial charge on any atom is 0.216 e. The summed E-state index contributed by atoms with van der Waals surface area (Å²) in [5, 5.41) is 13.6. The van der Waals surface area contributed by atoms with Crippen LogP contribution in [-0.4, -0.2) is 34.8 Å². The molecule has 0 spiro atoms. The molecular formula is C20H24N6O2. The standard InChI is InChI=1S/C20H24N6O2/c1-21-20(23-12-18-24-19(26-25-18)17-7-4-10-27-17)22-11-15-5-2-3-6-16(15)28-13-14-8-9-14/h2-7,10,14H,8-9,11-13H2,1H3,(H2,21,22,23)(H,24,25,26). The molecule has 1 saturated carbocycles. The Morgan fingerprint density at radius 2 is 2.07 bits per heavy atom. The van der Waals surface area contributed by atoms with Crippen molar-refractivity contribution in [3.8, 4) is 17.3 Å². The minimum absolute atomic E-state index is 0.465. The van der Waals surface area contributed by atoms with Gasteiger partial charge in [0.05, 0.1) is 19.4 Å². The van der Waals surface area contributed by atoms with Crippen LogP contribution >= 0.6 is 0 Å². The number of guanidine groups is 1. The van der Waals surface area contributed by atoms with Gasteiger partial charge in [0.15, 0.2) is 11.7 Å². The first-order valence-electron chi connectivity index (χ1n) is 9.42. The molecule has 3 N–H and O–H groups in total. The third kappa shape index (κ3) is 4.70. The summed E-state index contributed by atoms with van der Waals surface area (Å²) in [6.45, 7) is 1.88. The maximum absolute atomic E-state index is 5.96. The van der Waals surface area contributed by atoms with Crippen molar-refractivity contribution in [1.82, 2.24) is 25.8 Å². The van der Waals surface area contributed by atoms with Gasteiger partial charge in [0.25, 0.3) is 0 Å². The summed E-state index contributed by atoms with van der Waals surface area (Å²) < 4.78 is 11.3. The van der Waals surface area contributed by atoms with Crippen LogP contribution in [0.15, 0.2) is 52.1 Å². The van der Waals surface area contributed by atoms with Gasteiger partial charge in [0, 0.05) is 19.2 Å². The molecule has 8 nitrogen and oxygen atoms in total. The molecule has 2 heterocycles. The van der Waals surface area contributed by atoms with E-state index in [4.69, 9.17) is 9.15 Å². The second-order valence-electron chi connectivity index (χ2n) is 6.72. The zero-order valence-electron chi connectivity index (χ0n) is 15.8. The molecule has 1 aliphatic rings. The molecule has 4 rings (SSSR count). The van der Waals surface area contributed by atoms with Crippen molar-refractivity contribution >= 4 is 5.96 Å². The van der Waals surface area contributed by atoms with Gasteiger partial charge in [-0.3, -0.25) is 10.1 Å². The molecule has 0 unspecified atom stereocenters. The minimum atomic E-state index is 0.465. The van der Waals surface area contributed by atoms with Crippen LogP contribution in [-0.2, 0) is 13.1 Å². The Balaban J connectivity index is 1.29. The van der Waals surface area contributed by atoms with Crippen molar-refractivity contribution in [2.75, 3.05) is 13.7 Å². The fourth-order valence-corrected chi connectivity index (χ4v) is 2.74. The second-order valence-corrected chi connectivity index (χ2v) is 6.72. The van der Waals surface area contributed by atoms with Gasteiger partial charge in [0.1, 0.15) is 11.6 Å². The highest BCUT2D eigenvalue weighted by molar-refractivity contribution is 5.79. The zero-order valence-corrected chi connectivity index (χ0v) is 15.8. The monoisotopic (exact) mass is 380 g/mol. The lowest BCUT2D eigenvalue weighted by Crippen LogP contribution is -2.36. The number of ether oxygens (including phenoxy) is 1. The molecule has 0 amide bonds. The first-order chi connectivity index (χ1) is 13.8. The lowest BCUT2D eigenvalue weighted by molar-refractivity contribution is 0.296. The fraction of sp³-hybridized carbons (Fsp3) is 0.350. The molecule has 0 radical (unpaired) electrons. The molecule has 0 saturated heterocycles. The Labute approximate surface area is 163 Å². The second kappa shape index (κ2) is 8.60. The summed E-state index contributed by atoms with van der Waals surface area (Å²) in [6.07, 6.45) is 4.15. The van der Waals surface area contributed by atoms with Crippen LogP contribution in [0.3, 0.4) is 0 Å². The van der Waals surface area contributed by atoms with Crippen LogP contribution in [0.1, 0.15) is 24.2 Å². The van der Waals surface area contributed by atoms with E-state index in [0.717, 1.165) is 23.8 Å². The lowest BCUT2D eigenvalue weighted by Gasteiger charge is -2.14. The number of aliphatic imine (C=N–C) groups is 1. The summed E-state index contributed by atoms with van der Waals surface area (Å²) in [5.41, 5.74) is 1.10. The number of aromatic amines is 1. The van der Waals surface area contributed by atoms with Crippen LogP contribution < -0.4 is 15.4 Å². The highest BCUT2D eigenvalue weighted by Gasteiger charge is 2.22. The molecule has 8 heteroatoms. The number of hydrogen-bond acceptors (Lipinski definition) is 5. The topological polar surface area (TPSA) is 100 Å². The van der Waals surface area contributed by atoms with E-state index in [1.807, 2.05) is 30.3 Å². The lowest BCUT2D eigenvalue weighted by atomic mass is 10.2. The van der Waals surface area contributed by atoms with Crippen molar-refractivity contribution in [3.63, 3.8) is 0 Å². The molecule has 0 aliphatic heterocycles. The van der Waals surface area contributed by atoms with Crippen LogP contribution in [0.25, 0.3) is 11.6 Å². The van der Waals surface area contributed by atoms with Crippen molar-refractivity contribution in [2.45, 2.75) is 25.9 Å². The zero-order chi connectivity index (χ0) is 19.2. The Hall–Kier alpha value is -3.29. The van der Waals surface area contributed by atoms with Gasteiger partial charge in [-0.15, -0.1) is 5.10 Å². The van der Waals surface area contributed by atoms with E-state index >= 15 is 0 Å². The molecular weight excluding hydrogens is 356 g/mol. The van der Waals surface area contributed by atoms with Gasteiger partial charge in [-0.1, -0.05) is 18.2 Å². The summed E-state index contributed by atoms with van der Waals surface area (Å²) in [4.78, 5) is 8.67. The Kier molecular flexibility index (Phi) is 5.56. The third-order valence-corrected chi connectivity index (χ3v) is 4.51. The molecule has 1 aromatic carbocycles. The average Bonchev–Trinajstić information content (AvgIpc) is 3.18. The molecule has 1 fully saturated rings. The van der Waals surface area contributed by atoms with Gasteiger partial charge in [-0.2, -0.15) is 0 Å². The fourth-order valence-electron chi connectivity index (χ4n) is 2.74. The number of nitrogens with one attached hydrogen (secondary N) is 3. The predicted octanol–water partition coefficient (Wildman–Crippen LogP) is 2.72. The molecule has 3 aromatic rings. The largest absolute Gasteiger partial charge is 0.493 e. The summed E-state index contributed by atoms with van der Waals surface area (Å²) >= 11 is 0. The van der Waals surface area contributed by atoms with Crippen LogP contribution in [0.5, 0.6) is 5.75 Å². The molecule has 2 aromatic heterocycles. The molecule has 0 bridgehead atoms. The van der Waals surface area contributed by atoms with Gasteiger partial charge in [-0.25, -0.2) is 4.98 Å². The highest BCUT2D eigenvalue weighted by atomic mass is 16.5.